The van der Waals surface area contributed by atoms with Crippen LogP contribution in [0.25, 0.3) is 66.1 Å². The third-order valence-electron chi connectivity index (χ3n) is 8.33. The standard InChI is InChI=1S/C39H21N5/c40-22-25-13-14-39-35(19-25)34-9-3-6-12-38(34)44(39)31-18-27(24-42)16-29(21-31)28-15-26(23-41)17-30(20-28)43-36-10-4-1-7-32(36)33-8-2-5-11-37(33)43/h1-21H. The number of nitriles is 3. The average molecular weight is 560 g/mol. The summed E-state index contributed by atoms with van der Waals surface area (Å²) in [4.78, 5) is 0. The molecular weight excluding hydrogens is 538 g/mol. The van der Waals surface area contributed by atoms with Gasteiger partial charge in [-0.15, -0.1) is 0 Å². The molecule has 0 spiro atoms. The Kier molecular flexibility index (Phi) is 5.56. The quantitative estimate of drug-likeness (QED) is 0.216. The van der Waals surface area contributed by atoms with Crippen molar-refractivity contribution in [1.29, 1.82) is 15.8 Å². The lowest BCUT2D eigenvalue weighted by Crippen LogP contribution is -1.98. The van der Waals surface area contributed by atoms with E-state index >= 15 is 0 Å². The fourth-order valence-corrected chi connectivity index (χ4v) is 6.46. The zero-order chi connectivity index (χ0) is 29.8. The third-order valence-corrected chi connectivity index (χ3v) is 8.33. The first-order chi connectivity index (χ1) is 21.7. The molecule has 0 amide bonds. The molecule has 0 aliphatic carbocycles. The number of nitrogens with zero attached hydrogens (tertiary/aromatic N) is 5. The molecule has 6 aromatic carbocycles. The molecular formula is C39H21N5. The minimum absolute atomic E-state index is 0.512. The molecule has 0 aliphatic rings. The summed E-state index contributed by atoms with van der Waals surface area (Å²) < 4.78 is 4.34. The van der Waals surface area contributed by atoms with Crippen molar-refractivity contribution in [2.24, 2.45) is 0 Å². The number of hydrogen-bond donors (Lipinski definition) is 0. The van der Waals surface area contributed by atoms with Crippen LogP contribution in [0.2, 0.25) is 0 Å². The van der Waals surface area contributed by atoms with E-state index in [0.29, 0.717) is 16.7 Å². The van der Waals surface area contributed by atoms with Crippen LogP contribution < -0.4 is 0 Å². The lowest BCUT2D eigenvalue weighted by atomic mass is 9.99. The summed E-state index contributed by atoms with van der Waals surface area (Å²) in [6.07, 6.45) is 0. The summed E-state index contributed by atoms with van der Waals surface area (Å²) in [7, 11) is 0. The maximum atomic E-state index is 10.1. The second-order valence-corrected chi connectivity index (χ2v) is 10.8. The molecule has 0 saturated heterocycles. The first-order valence-corrected chi connectivity index (χ1v) is 14.2. The van der Waals surface area contributed by atoms with Crippen molar-refractivity contribution >= 4 is 43.6 Å². The van der Waals surface area contributed by atoms with Crippen LogP contribution in [-0.4, -0.2) is 9.13 Å². The number of fused-ring (bicyclic) bond motifs is 6. The molecule has 0 bridgehead atoms. The highest BCUT2D eigenvalue weighted by Gasteiger charge is 2.17. The van der Waals surface area contributed by atoms with Gasteiger partial charge in [-0.25, -0.2) is 0 Å². The van der Waals surface area contributed by atoms with Gasteiger partial charge in [-0.1, -0.05) is 54.6 Å². The van der Waals surface area contributed by atoms with Gasteiger partial charge >= 0.3 is 0 Å². The van der Waals surface area contributed by atoms with Gasteiger partial charge < -0.3 is 9.13 Å². The van der Waals surface area contributed by atoms with Gasteiger partial charge in [0.05, 0.1) is 57.0 Å². The Labute approximate surface area is 252 Å². The average Bonchev–Trinajstić information content (AvgIpc) is 3.60. The Morgan fingerprint density at radius 3 is 1.23 bits per heavy atom. The molecule has 8 rings (SSSR count). The van der Waals surface area contributed by atoms with Crippen molar-refractivity contribution in [3.63, 3.8) is 0 Å². The van der Waals surface area contributed by atoms with E-state index in [-0.39, 0.29) is 0 Å². The van der Waals surface area contributed by atoms with Gasteiger partial charge in [-0.3, -0.25) is 0 Å². The van der Waals surface area contributed by atoms with Gasteiger partial charge in [0.2, 0.25) is 0 Å². The van der Waals surface area contributed by atoms with Gasteiger partial charge in [-0.2, -0.15) is 15.8 Å². The highest BCUT2D eigenvalue weighted by atomic mass is 15.0. The monoisotopic (exact) mass is 559 g/mol. The third kappa shape index (κ3) is 3.77. The molecule has 0 unspecified atom stereocenters. The van der Waals surface area contributed by atoms with Crippen LogP contribution in [0.5, 0.6) is 0 Å². The van der Waals surface area contributed by atoms with Crippen LogP contribution in [0.15, 0.2) is 127 Å². The zero-order valence-corrected chi connectivity index (χ0v) is 23.4. The van der Waals surface area contributed by atoms with E-state index in [1.54, 1.807) is 0 Å². The molecule has 202 valence electrons. The van der Waals surface area contributed by atoms with Crippen molar-refractivity contribution in [2.45, 2.75) is 0 Å². The topological polar surface area (TPSA) is 81.2 Å². The van der Waals surface area contributed by atoms with Crippen molar-refractivity contribution in [1.82, 2.24) is 9.13 Å². The number of benzene rings is 6. The summed E-state index contributed by atoms with van der Waals surface area (Å²) in [5.74, 6) is 0. The maximum absolute atomic E-state index is 10.1. The van der Waals surface area contributed by atoms with E-state index in [2.05, 4.69) is 75.9 Å². The molecule has 2 aromatic heterocycles. The summed E-state index contributed by atoms with van der Waals surface area (Å²) in [6.45, 7) is 0. The van der Waals surface area contributed by atoms with Crippen molar-refractivity contribution in [3.8, 4) is 40.7 Å². The molecule has 8 aromatic rings. The molecule has 5 heteroatoms. The van der Waals surface area contributed by atoms with Crippen LogP contribution in [0, 0.1) is 34.0 Å². The van der Waals surface area contributed by atoms with Crippen LogP contribution in [-0.2, 0) is 0 Å². The van der Waals surface area contributed by atoms with Gasteiger partial charge in [0.25, 0.3) is 0 Å². The molecule has 0 N–H and O–H groups in total. The van der Waals surface area contributed by atoms with Crippen molar-refractivity contribution < 1.29 is 0 Å². The predicted molar refractivity (Wildman–Crippen MR) is 175 cm³/mol. The maximum Gasteiger partial charge on any atom is 0.0992 e. The number of rotatable bonds is 3. The number of para-hydroxylation sites is 3. The lowest BCUT2D eigenvalue weighted by molar-refractivity contribution is 1.17. The highest BCUT2D eigenvalue weighted by Crippen LogP contribution is 2.37. The second kappa shape index (κ2) is 9.74. The minimum atomic E-state index is 0.512. The van der Waals surface area contributed by atoms with Crippen LogP contribution in [0.4, 0.5) is 0 Å². The van der Waals surface area contributed by atoms with Gasteiger partial charge in [0.1, 0.15) is 0 Å². The van der Waals surface area contributed by atoms with Gasteiger partial charge in [-0.05, 0) is 83.9 Å². The summed E-state index contributed by atoms with van der Waals surface area (Å²) in [5.41, 5.74) is 9.06. The predicted octanol–water partition coefficient (Wildman–Crippen LogP) is 9.16. The molecule has 2 heterocycles. The van der Waals surface area contributed by atoms with Crippen LogP contribution in [0.1, 0.15) is 16.7 Å². The van der Waals surface area contributed by atoms with Gasteiger partial charge in [0, 0.05) is 32.9 Å². The number of aromatic nitrogens is 2. The van der Waals surface area contributed by atoms with E-state index < -0.39 is 0 Å². The Hall–Kier alpha value is -6.61. The van der Waals surface area contributed by atoms with Gasteiger partial charge in [0.15, 0.2) is 0 Å². The Morgan fingerprint density at radius 2 is 0.773 bits per heavy atom. The Morgan fingerprint density at radius 1 is 0.364 bits per heavy atom. The summed E-state index contributed by atoms with van der Waals surface area (Å²) >= 11 is 0. The molecule has 0 atom stereocenters. The van der Waals surface area contributed by atoms with Crippen molar-refractivity contribution in [3.05, 3.63) is 144 Å². The molecule has 5 nitrogen and oxygen atoms in total. The fraction of sp³-hybridized carbons (Fsp3) is 0. The van der Waals surface area contributed by atoms with Crippen LogP contribution >= 0.6 is 0 Å². The Balaban J connectivity index is 1.39. The van der Waals surface area contributed by atoms with Crippen molar-refractivity contribution in [2.75, 3.05) is 0 Å². The molecule has 0 fully saturated rings. The molecule has 0 aliphatic heterocycles. The molecule has 0 radical (unpaired) electrons. The summed E-state index contributed by atoms with van der Waals surface area (Å²) in [5, 5.41) is 34.1. The second-order valence-electron chi connectivity index (χ2n) is 10.8. The Bertz CT molecular complexity index is 2540. The summed E-state index contributed by atoms with van der Waals surface area (Å²) in [6, 6.07) is 49.0. The number of hydrogen-bond acceptors (Lipinski definition) is 3. The van der Waals surface area contributed by atoms with E-state index in [0.717, 1.165) is 66.1 Å². The van der Waals surface area contributed by atoms with E-state index in [1.165, 1.54) is 0 Å². The SMILES string of the molecule is N#Cc1cc(-c2cc(C#N)cc(-n3c4ccccc4c4cc(C#N)ccc43)c2)cc(-n2c3ccccc3c3ccccc32)c1. The lowest BCUT2D eigenvalue weighted by Gasteiger charge is -2.14. The normalized spacial score (nSPS) is 11.1. The fourth-order valence-electron chi connectivity index (χ4n) is 6.46. The van der Waals surface area contributed by atoms with E-state index in [4.69, 9.17) is 0 Å². The molecule has 0 saturated carbocycles. The highest BCUT2D eigenvalue weighted by molar-refractivity contribution is 6.10. The van der Waals surface area contributed by atoms with E-state index in [1.807, 2.05) is 78.9 Å². The first-order valence-electron chi connectivity index (χ1n) is 14.2. The largest absolute Gasteiger partial charge is 0.309 e. The molecule has 44 heavy (non-hydrogen) atoms. The zero-order valence-electron chi connectivity index (χ0n) is 23.4. The van der Waals surface area contributed by atoms with E-state index in [9.17, 15) is 15.8 Å². The smallest absolute Gasteiger partial charge is 0.0992 e. The minimum Gasteiger partial charge on any atom is -0.309 e. The van der Waals surface area contributed by atoms with Crippen LogP contribution in [0.3, 0.4) is 0 Å². The first kappa shape index (κ1) is 25.1.